The maximum atomic E-state index is 14.5. The summed E-state index contributed by atoms with van der Waals surface area (Å²) in [5.41, 5.74) is 4.80. The van der Waals surface area contributed by atoms with Crippen LogP contribution in [0.4, 0.5) is 14.5 Å². The average molecular weight is 580 g/mol. The van der Waals surface area contributed by atoms with E-state index in [1.807, 2.05) is 6.07 Å². The van der Waals surface area contributed by atoms with Crippen LogP contribution in [0.25, 0.3) is 0 Å². The van der Waals surface area contributed by atoms with E-state index >= 15 is 0 Å². The number of alkyl halides is 2. The van der Waals surface area contributed by atoms with E-state index in [4.69, 9.17) is 9.73 Å². The van der Waals surface area contributed by atoms with E-state index in [0.29, 0.717) is 18.5 Å². The molecule has 2 atom stereocenters. The lowest BCUT2D eigenvalue weighted by Crippen LogP contribution is -2.54. The van der Waals surface area contributed by atoms with Gasteiger partial charge in [-0.25, -0.2) is 8.78 Å². The van der Waals surface area contributed by atoms with Gasteiger partial charge in [0.1, 0.15) is 12.4 Å². The van der Waals surface area contributed by atoms with Crippen molar-refractivity contribution in [1.82, 2.24) is 15.1 Å². The van der Waals surface area contributed by atoms with Crippen molar-refractivity contribution >= 4 is 11.5 Å². The molecule has 5 aliphatic heterocycles. The summed E-state index contributed by atoms with van der Waals surface area (Å²) < 4.78 is 35.7. The molecule has 0 aromatic heterocycles. The normalized spacial score (nSPS) is 29.0. The smallest absolute Gasteiger partial charge is 0.273 e. The first-order valence-corrected chi connectivity index (χ1v) is 16.5. The van der Waals surface area contributed by atoms with Crippen molar-refractivity contribution in [2.75, 3.05) is 50.8 Å². The standard InChI is InChI=1S/C34H47F2N5O/c1-3-7-31(42-23-33-14-5-17-41(33)18-6-15-33)38-32(40-21-25-10-11-26(22-40)37-25)27-13-19-39(20-24(27)2)30-9-4-8-29-28(30)12-16-34(29,35)36/h4,7-9,25-26,37H,3,5-6,10-23H2,1-2H3/b31-7-,38-32+. The number of piperazine rings is 1. The van der Waals surface area contributed by atoms with Gasteiger partial charge < -0.3 is 19.9 Å². The Morgan fingerprint density at radius 3 is 2.55 bits per heavy atom. The van der Waals surface area contributed by atoms with Crippen LogP contribution < -0.4 is 10.2 Å². The summed E-state index contributed by atoms with van der Waals surface area (Å²) in [6.45, 7) is 11.0. The van der Waals surface area contributed by atoms with Gasteiger partial charge in [0.05, 0.1) is 5.54 Å². The highest BCUT2D eigenvalue weighted by atomic mass is 19.3. The molecule has 5 heterocycles. The van der Waals surface area contributed by atoms with Gasteiger partial charge in [-0.15, -0.1) is 0 Å². The van der Waals surface area contributed by atoms with Crippen molar-refractivity contribution in [1.29, 1.82) is 0 Å². The zero-order valence-corrected chi connectivity index (χ0v) is 25.4. The molecule has 0 radical (unpaired) electrons. The molecule has 2 unspecified atom stereocenters. The fourth-order valence-corrected chi connectivity index (χ4v) is 8.71. The summed E-state index contributed by atoms with van der Waals surface area (Å²) >= 11 is 0. The Morgan fingerprint density at radius 2 is 1.83 bits per heavy atom. The Balaban J connectivity index is 1.18. The van der Waals surface area contributed by atoms with Crippen molar-refractivity contribution in [2.45, 2.75) is 102 Å². The number of benzene rings is 1. The molecular formula is C34H47F2N5O. The number of rotatable bonds is 7. The van der Waals surface area contributed by atoms with E-state index in [0.717, 1.165) is 68.6 Å². The summed E-state index contributed by atoms with van der Waals surface area (Å²) in [4.78, 5) is 12.8. The van der Waals surface area contributed by atoms with Gasteiger partial charge in [-0.1, -0.05) is 19.1 Å². The lowest BCUT2D eigenvalue weighted by atomic mass is 9.95. The van der Waals surface area contributed by atoms with E-state index in [1.165, 1.54) is 62.8 Å². The SMILES string of the molecule is CC/C=C(/N=C(\C1=C(C)CN(c2cccc3c2CCC3(F)F)CC1)N1CC2CCC(C1)N2)OCC12CCCN1CCC2. The molecule has 7 rings (SSSR count). The fraction of sp³-hybridized carbons (Fsp3) is 0.676. The molecule has 1 aromatic carbocycles. The van der Waals surface area contributed by atoms with Crippen molar-refractivity contribution in [3.63, 3.8) is 0 Å². The van der Waals surface area contributed by atoms with Crippen molar-refractivity contribution in [3.8, 4) is 0 Å². The van der Waals surface area contributed by atoms with Crippen molar-refractivity contribution in [3.05, 3.63) is 52.4 Å². The second-order valence-electron chi connectivity index (χ2n) is 13.6. The number of nitrogens with zero attached hydrogens (tertiary/aromatic N) is 4. The number of fused-ring (bicyclic) bond motifs is 4. The molecule has 1 aliphatic carbocycles. The zero-order chi connectivity index (χ0) is 28.9. The third-order valence-electron chi connectivity index (χ3n) is 10.8. The quantitative estimate of drug-likeness (QED) is 0.245. The van der Waals surface area contributed by atoms with Gasteiger partial charge in [-0.05, 0) is 107 Å². The highest BCUT2D eigenvalue weighted by Crippen LogP contribution is 2.46. The average Bonchev–Trinajstić information content (AvgIpc) is 3.73. The van der Waals surface area contributed by atoms with E-state index in [9.17, 15) is 8.78 Å². The van der Waals surface area contributed by atoms with Gasteiger partial charge in [-0.3, -0.25) is 4.90 Å². The minimum absolute atomic E-state index is 0.0824. The molecule has 0 amide bonds. The molecule has 4 fully saturated rings. The Hall–Kier alpha value is -2.45. The highest BCUT2D eigenvalue weighted by molar-refractivity contribution is 6.00. The van der Waals surface area contributed by atoms with Crippen LogP contribution >= 0.6 is 0 Å². The number of likely N-dealkylation sites (tertiary alicyclic amines) is 1. The summed E-state index contributed by atoms with van der Waals surface area (Å²) in [7, 11) is 0. The number of ether oxygens (including phenoxy) is 1. The fourth-order valence-electron chi connectivity index (χ4n) is 8.71. The molecule has 1 aromatic rings. The Kier molecular flexibility index (Phi) is 7.58. The van der Waals surface area contributed by atoms with Gasteiger partial charge >= 0.3 is 0 Å². The molecule has 6 nitrogen and oxygen atoms in total. The predicted octanol–water partition coefficient (Wildman–Crippen LogP) is 5.98. The maximum absolute atomic E-state index is 14.5. The summed E-state index contributed by atoms with van der Waals surface area (Å²) in [6, 6.07) is 6.47. The maximum Gasteiger partial charge on any atom is 0.273 e. The number of halogens is 2. The molecule has 228 valence electrons. The summed E-state index contributed by atoms with van der Waals surface area (Å²) in [5, 5.41) is 3.78. The minimum atomic E-state index is -2.71. The van der Waals surface area contributed by atoms with Crippen LogP contribution in [0.15, 0.2) is 46.3 Å². The van der Waals surface area contributed by atoms with Crippen LogP contribution in [0.1, 0.15) is 82.8 Å². The Labute approximate surface area is 249 Å². The minimum Gasteiger partial charge on any atom is -0.476 e. The van der Waals surface area contributed by atoms with Gasteiger partial charge in [0, 0.05) is 55.9 Å². The molecule has 2 bridgehead atoms. The second kappa shape index (κ2) is 11.2. The molecule has 1 N–H and O–H groups in total. The monoisotopic (exact) mass is 579 g/mol. The van der Waals surface area contributed by atoms with E-state index in [-0.39, 0.29) is 17.5 Å². The number of hydrogen-bond acceptors (Lipinski definition) is 5. The van der Waals surface area contributed by atoms with E-state index in [1.54, 1.807) is 12.1 Å². The van der Waals surface area contributed by atoms with Crippen LogP contribution in [0.3, 0.4) is 0 Å². The lowest BCUT2D eigenvalue weighted by molar-refractivity contribution is -0.00183. The second-order valence-corrected chi connectivity index (χ2v) is 13.6. The van der Waals surface area contributed by atoms with Gasteiger partial charge in [0.25, 0.3) is 5.92 Å². The van der Waals surface area contributed by atoms with Crippen molar-refractivity contribution < 1.29 is 13.5 Å². The predicted molar refractivity (Wildman–Crippen MR) is 164 cm³/mol. The first-order valence-electron chi connectivity index (χ1n) is 16.5. The lowest BCUT2D eigenvalue weighted by Gasteiger charge is -2.39. The van der Waals surface area contributed by atoms with Crippen molar-refractivity contribution in [2.24, 2.45) is 4.99 Å². The summed E-state index contributed by atoms with van der Waals surface area (Å²) in [6.07, 6.45) is 11.7. The van der Waals surface area contributed by atoms with Crippen LogP contribution in [0.2, 0.25) is 0 Å². The molecule has 4 saturated heterocycles. The highest BCUT2D eigenvalue weighted by Gasteiger charge is 2.45. The molecule has 6 aliphatic rings. The molecule has 42 heavy (non-hydrogen) atoms. The number of amidine groups is 1. The van der Waals surface area contributed by atoms with Crippen LogP contribution in [0, 0.1) is 0 Å². The number of anilines is 1. The van der Waals surface area contributed by atoms with E-state index in [2.05, 4.69) is 39.9 Å². The van der Waals surface area contributed by atoms with Gasteiger partial charge in [0.15, 0.2) is 0 Å². The topological polar surface area (TPSA) is 43.3 Å². The molecular weight excluding hydrogens is 532 g/mol. The largest absolute Gasteiger partial charge is 0.476 e. The zero-order valence-electron chi connectivity index (χ0n) is 25.4. The summed E-state index contributed by atoms with van der Waals surface area (Å²) in [5.74, 6) is -0.881. The molecule has 0 spiro atoms. The first-order chi connectivity index (χ1) is 20.3. The van der Waals surface area contributed by atoms with E-state index < -0.39 is 5.92 Å². The van der Waals surface area contributed by atoms with Gasteiger partial charge in [0.2, 0.25) is 5.88 Å². The first kappa shape index (κ1) is 28.3. The Bertz CT molecular complexity index is 1270. The molecule has 8 heteroatoms. The number of nitrogens with one attached hydrogen (secondary N) is 1. The Morgan fingerprint density at radius 1 is 1.07 bits per heavy atom. The van der Waals surface area contributed by atoms with Gasteiger partial charge in [-0.2, -0.15) is 4.99 Å². The number of allylic oxidation sites excluding steroid dienone is 1. The van der Waals surface area contributed by atoms with Crippen LogP contribution in [0.5, 0.6) is 0 Å². The van der Waals surface area contributed by atoms with Crippen LogP contribution in [-0.2, 0) is 17.1 Å². The van der Waals surface area contributed by atoms with Crippen LogP contribution in [-0.4, -0.2) is 79.1 Å². The third kappa shape index (κ3) is 5.17. The third-order valence-corrected chi connectivity index (χ3v) is 10.8. The molecule has 0 saturated carbocycles. The number of aliphatic imine (C=N–C) groups is 1. The number of hydrogen-bond donors (Lipinski definition) is 1.